The van der Waals surface area contributed by atoms with Crippen LogP contribution in [0.2, 0.25) is 0 Å². The van der Waals surface area contributed by atoms with Gasteiger partial charge in [-0.1, -0.05) is 39.0 Å². The van der Waals surface area contributed by atoms with Crippen molar-refractivity contribution < 1.29 is 14.3 Å². The molecule has 1 atom stereocenters. The first-order valence-electron chi connectivity index (χ1n) is 8.68. The average Bonchev–Trinajstić information content (AvgIpc) is 3.02. The number of rotatable bonds is 7. The van der Waals surface area contributed by atoms with Crippen LogP contribution in [0.5, 0.6) is 0 Å². The van der Waals surface area contributed by atoms with Crippen molar-refractivity contribution in [3.8, 4) is 0 Å². The summed E-state index contributed by atoms with van der Waals surface area (Å²) in [5.41, 5.74) is 3.63. The Morgan fingerprint density at radius 2 is 2.00 bits per heavy atom. The van der Waals surface area contributed by atoms with Gasteiger partial charge in [0.05, 0.1) is 7.11 Å². The zero-order valence-electron chi connectivity index (χ0n) is 15.3. The third-order valence-electron chi connectivity index (χ3n) is 4.37. The van der Waals surface area contributed by atoms with Crippen LogP contribution in [0.4, 0.5) is 4.79 Å². The molecule has 25 heavy (non-hydrogen) atoms. The molecule has 6 nitrogen and oxygen atoms in total. The molecule has 3 N–H and O–H groups in total. The van der Waals surface area contributed by atoms with Crippen molar-refractivity contribution in [1.29, 1.82) is 0 Å². The molecule has 0 fully saturated rings. The normalized spacial score (nSPS) is 12.2. The van der Waals surface area contributed by atoms with Crippen molar-refractivity contribution in [3.05, 3.63) is 35.5 Å². The van der Waals surface area contributed by atoms with Crippen molar-refractivity contribution >= 4 is 22.9 Å². The Bertz CT molecular complexity index is 737. The number of aromatic nitrogens is 1. The highest BCUT2D eigenvalue weighted by Gasteiger charge is 2.24. The van der Waals surface area contributed by atoms with Gasteiger partial charge in [-0.05, 0) is 29.9 Å². The lowest BCUT2D eigenvalue weighted by molar-refractivity contribution is -0.124. The number of nitrogens with one attached hydrogen (secondary N) is 3. The van der Waals surface area contributed by atoms with Crippen LogP contribution in [0.1, 0.15) is 31.9 Å². The predicted molar refractivity (Wildman–Crippen MR) is 98.6 cm³/mol. The van der Waals surface area contributed by atoms with Crippen molar-refractivity contribution in [2.75, 3.05) is 13.7 Å². The first kappa shape index (κ1) is 18.8. The molecule has 1 heterocycles. The van der Waals surface area contributed by atoms with Gasteiger partial charge in [-0.15, -0.1) is 0 Å². The van der Waals surface area contributed by atoms with Gasteiger partial charge in [-0.25, -0.2) is 4.79 Å². The van der Waals surface area contributed by atoms with Crippen LogP contribution in [-0.2, 0) is 22.4 Å². The fourth-order valence-electron chi connectivity index (χ4n) is 2.93. The number of carbonyl (C=O) groups is 2. The molecule has 1 unspecified atom stereocenters. The molecule has 0 saturated carbocycles. The molecule has 1 aromatic carbocycles. The molecular weight excluding hydrogens is 318 g/mol. The Balaban J connectivity index is 1.97. The van der Waals surface area contributed by atoms with E-state index in [0.29, 0.717) is 6.54 Å². The lowest BCUT2D eigenvalue weighted by Crippen LogP contribution is -2.50. The highest BCUT2D eigenvalue weighted by molar-refractivity contribution is 5.87. The highest BCUT2D eigenvalue weighted by atomic mass is 16.5. The summed E-state index contributed by atoms with van der Waals surface area (Å²) in [5.74, 6) is -0.228. The second kappa shape index (κ2) is 8.55. The van der Waals surface area contributed by atoms with Gasteiger partial charge in [0.15, 0.2) is 0 Å². The van der Waals surface area contributed by atoms with Crippen LogP contribution in [0.15, 0.2) is 24.4 Å². The SMILES string of the molecule is CCc1cccc2c(CCNC(=O)C(NC(=O)OC)C(C)C)c[nH]c12. The number of para-hydroxylation sites is 1. The third kappa shape index (κ3) is 4.53. The van der Waals surface area contributed by atoms with Gasteiger partial charge in [0.1, 0.15) is 6.04 Å². The summed E-state index contributed by atoms with van der Waals surface area (Å²) >= 11 is 0. The van der Waals surface area contributed by atoms with Gasteiger partial charge in [0, 0.05) is 23.6 Å². The lowest BCUT2D eigenvalue weighted by Gasteiger charge is -2.20. The largest absolute Gasteiger partial charge is 0.453 e. The zero-order valence-corrected chi connectivity index (χ0v) is 15.3. The number of hydrogen-bond acceptors (Lipinski definition) is 3. The number of H-pyrrole nitrogens is 1. The Kier molecular flexibility index (Phi) is 6.44. The minimum Gasteiger partial charge on any atom is -0.453 e. The summed E-state index contributed by atoms with van der Waals surface area (Å²) in [6, 6.07) is 5.67. The maximum Gasteiger partial charge on any atom is 0.407 e. The Morgan fingerprint density at radius 1 is 1.24 bits per heavy atom. The van der Waals surface area contributed by atoms with Crippen molar-refractivity contribution in [2.24, 2.45) is 5.92 Å². The topological polar surface area (TPSA) is 83.2 Å². The molecule has 0 saturated heterocycles. The van der Waals surface area contributed by atoms with Crippen LogP contribution >= 0.6 is 0 Å². The second-order valence-corrected chi connectivity index (χ2v) is 6.41. The molecule has 0 aliphatic carbocycles. The number of hydrogen-bond donors (Lipinski definition) is 3. The highest BCUT2D eigenvalue weighted by Crippen LogP contribution is 2.22. The van der Waals surface area contributed by atoms with E-state index in [-0.39, 0.29) is 11.8 Å². The summed E-state index contributed by atoms with van der Waals surface area (Å²) in [6.45, 7) is 6.41. The number of benzene rings is 1. The van der Waals surface area contributed by atoms with Crippen molar-refractivity contribution in [2.45, 2.75) is 39.7 Å². The van der Waals surface area contributed by atoms with Crippen LogP contribution in [-0.4, -0.2) is 36.7 Å². The molecule has 0 spiro atoms. The molecule has 0 aliphatic heterocycles. The minimum atomic E-state index is -0.609. The van der Waals surface area contributed by atoms with Gasteiger partial charge in [0.2, 0.25) is 5.91 Å². The quantitative estimate of drug-likeness (QED) is 0.721. The number of ether oxygens (including phenoxy) is 1. The summed E-state index contributed by atoms with van der Waals surface area (Å²) in [4.78, 5) is 27.1. The van der Waals surface area contributed by atoms with Gasteiger partial charge < -0.3 is 20.4 Å². The number of fused-ring (bicyclic) bond motifs is 1. The second-order valence-electron chi connectivity index (χ2n) is 6.41. The fraction of sp³-hybridized carbons (Fsp3) is 0.474. The molecule has 0 radical (unpaired) electrons. The van der Waals surface area contributed by atoms with E-state index in [2.05, 4.69) is 45.5 Å². The smallest absolute Gasteiger partial charge is 0.407 e. The van der Waals surface area contributed by atoms with Crippen LogP contribution in [0.25, 0.3) is 10.9 Å². The van der Waals surface area contributed by atoms with Gasteiger partial charge in [-0.3, -0.25) is 4.79 Å². The van der Waals surface area contributed by atoms with E-state index in [1.54, 1.807) is 0 Å². The molecule has 136 valence electrons. The maximum absolute atomic E-state index is 12.3. The van der Waals surface area contributed by atoms with E-state index in [9.17, 15) is 9.59 Å². The van der Waals surface area contributed by atoms with Gasteiger partial charge >= 0.3 is 6.09 Å². The summed E-state index contributed by atoms with van der Waals surface area (Å²) in [6.07, 6.45) is 3.10. The molecule has 0 aliphatic rings. The molecule has 2 amide bonds. The molecule has 1 aromatic heterocycles. The van der Waals surface area contributed by atoms with E-state index in [1.165, 1.54) is 29.1 Å². The van der Waals surface area contributed by atoms with E-state index in [0.717, 1.165) is 12.8 Å². The van der Waals surface area contributed by atoms with Gasteiger partial charge in [-0.2, -0.15) is 0 Å². The van der Waals surface area contributed by atoms with Crippen LogP contribution in [0, 0.1) is 5.92 Å². The predicted octanol–water partition coefficient (Wildman–Crippen LogP) is 2.77. The van der Waals surface area contributed by atoms with Crippen molar-refractivity contribution in [3.63, 3.8) is 0 Å². The molecule has 6 heteroatoms. The first-order chi connectivity index (χ1) is 12.0. The number of methoxy groups -OCH3 is 1. The Morgan fingerprint density at radius 3 is 2.64 bits per heavy atom. The number of aryl methyl sites for hydroxylation is 1. The van der Waals surface area contributed by atoms with Crippen molar-refractivity contribution in [1.82, 2.24) is 15.6 Å². The van der Waals surface area contributed by atoms with E-state index in [4.69, 9.17) is 0 Å². The fourth-order valence-corrected chi connectivity index (χ4v) is 2.93. The van der Waals surface area contributed by atoms with E-state index in [1.807, 2.05) is 20.0 Å². The molecule has 0 bridgehead atoms. The number of alkyl carbamates (subject to hydrolysis) is 1. The Hall–Kier alpha value is -2.50. The molecular formula is C19H27N3O3. The standard InChI is InChI=1S/C19H27N3O3/c1-5-13-7-6-8-15-14(11-21-17(13)15)9-10-20-18(23)16(12(2)3)22-19(24)25-4/h6-8,11-12,16,21H,5,9-10H2,1-4H3,(H,20,23)(H,22,24). The summed E-state index contributed by atoms with van der Waals surface area (Å²) < 4.78 is 4.58. The third-order valence-corrected chi connectivity index (χ3v) is 4.37. The van der Waals surface area contributed by atoms with Crippen LogP contribution in [0.3, 0.4) is 0 Å². The number of aromatic amines is 1. The number of amides is 2. The number of carbonyl (C=O) groups excluding carboxylic acids is 2. The average molecular weight is 345 g/mol. The van der Waals surface area contributed by atoms with E-state index >= 15 is 0 Å². The van der Waals surface area contributed by atoms with Crippen LogP contribution < -0.4 is 10.6 Å². The zero-order chi connectivity index (χ0) is 18.4. The minimum absolute atomic E-state index is 0.0284. The van der Waals surface area contributed by atoms with E-state index < -0.39 is 12.1 Å². The van der Waals surface area contributed by atoms with Gasteiger partial charge in [0.25, 0.3) is 0 Å². The molecule has 2 rings (SSSR count). The maximum atomic E-state index is 12.3. The monoisotopic (exact) mass is 345 g/mol. The summed E-state index contributed by atoms with van der Waals surface area (Å²) in [5, 5.41) is 6.67. The Labute approximate surface area is 148 Å². The lowest BCUT2D eigenvalue weighted by atomic mass is 10.0. The molecule has 2 aromatic rings. The summed E-state index contributed by atoms with van der Waals surface area (Å²) in [7, 11) is 1.28. The first-order valence-corrected chi connectivity index (χ1v) is 8.68.